The molecule has 36 heavy (non-hydrogen) atoms. The fraction of sp³-hybridized carbons (Fsp3) is 0.0625. The van der Waals surface area contributed by atoms with E-state index in [-0.39, 0.29) is 0 Å². The van der Waals surface area contributed by atoms with Crippen LogP contribution in [0.1, 0.15) is 33.6 Å². The Morgan fingerprint density at radius 3 is 1.31 bits per heavy atom. The first-order valence-corrected chi connectivity index (χ1v) is 12.0. The average Bonchev–Trinajstić information content (AvgIpc) is 2.92. The first-order chi connectivity index (χ1) is 17.7. The van der Waals surface area contributed by atoms with Crippen LogP contribution in [0, 0.1) is 13.8 Å². The van der Waals surface area contributed by atoms with Crippen molar-refractivity contribution in [3.05, 3.63) is 119 Å². The fourth-order valence-corrected chi connectivity index (χ4v) is 4.36. The van der Waals surface area contributed by atoms with Crippen LogP contribution in [-0.2, 0) is 0 Å². The lowest BCUT2D eigenvalue weighted by atomic mass is 10.1. The molecule has 0 spiro atoms. The number of aromatic nitrogens is 4. The van der Waals surface area contributed by atoms with Crippen molar-refractivity contribution in [2.75, 3.05) is 0 Å². The van der Waals surface area contributed by atoms with Crippen LogP contribution in [0.2, 0.25) is 0 Å². The zero-order chi connectivity index (χ0) is 24.5. The van der Waals surface area contributed by atoms with Crippen molar-refractivity contribution in [2.24, 2.45) is 0 Å². The summed E-state index contributed by atoms with van der Waals surface area (Å²) in [6, 6.07) is 24.9. The zero-order valence-corrected chi connectivity index (χ0v) is 20.2. The third-order valence-electron chi connectivity index (χ3n) is 6.32. The van der Waals surface area contributed by atoms with E-state index in [1.807, 2.05) is 36.4 Å². The van der Waals surface area contributed by atoms with E-state index in [2.05, 4.69) is 84.5 Å². The summed E-state index contributed by atoms with van der Waals surface area (Å²) in [4.78, 5) is 19.6. The van der Waals surface area contributed by atoms with E-state index in [1.54, 1.807) is 12.4 Å². The van der Waals surface area contributed by atoms with Gasteiger partial charge < -0.3 is 0 Å². The molecule has 4 heteroatoms. The topological polar surface area (TPSA) is 51.6 Å². The van der Waals surface area contributed by atoms with Gasteiger partial charge in [0.2, 0.25) is 0 Å². The molecule has 0 radical (unpaired) electrons. The zero-order valence-electron chi connectivity index (χ0n) is 20.2. The summed E-state index contributed by atoms with van der Waals surface area (Å²) in [6.45, 7) is 4.18. The van der Waals surface area contributed by atoms with Crippen LogP contribution in [0.5, 0.6) is 0 Å². The molecule has 0 amide bonds. The highest BCUT2D eigenvalue weighted by molar-refractivity contribution is 6.20. The predicted octanol–water partition coefficient (Wildman–Crippen LogP) is 7.68. The van der Waals surface area contributed by atoms with Gasteiger partial charge in [0.1, 0.15) is 0 Å². The summed E-state index contributed by atoms with van der Waals surface area (Å²) in [5.41, 5.74) is 9.65. The van der Waals surface area contributed by atoms with Crippen molar-refractivity contribution in [1.82, 2.24) is 19.9 Å². The van der Waals surface area contributed by atoms with Crippen LogP contribution >= 0.6 is 0 Å². The quantitative estimate of drug-likeness (QED) is 0.251. The highest BCUT2D eigenvalue weighted by Gasteiger charge is 2.14. The van der Waals surface area contributed by atoms with Crippen LogP contribution in [0.25, 0.3) is 57.1 Å². The second-order valence-electron chi connectivity index (χ2n) is 8.98. The number of fused-ring (bicyclic) bond motifs is 6. The van der Waals surface area contributed by atoms with Gasteiger partial charge in [-0.15, -0.1) is 0 Å². The minimum atomic E-state index is 0.805. The summed E-state index contributed by atoms with van der Waals surface area (Å²) in [6.07, 6.45) is 11.9. The lowest BCUT2D eigenvalue weighted by Gasteiger charge is -2.10. The second kappa shape index (κ2) is 9.16. The lowest BCUT2D eigenvalue weighted by molar-refractivity contribution is 1.25. The van der Waals surface area contributed by atoms with E-state index in [0.29, 0.717) is 0 Å². The minimum absolute atomic E-state index is 0.805. The van der Waals surface area contributed by atoms with Gasteiger partial charge in [0, 0.05) is 23.2 Å². The largest absolute Gasteiger partial charge is 0.254 e. The third kappa shape index (κ3) is 4.14. The van der Waals surface area contributed by atoms with E-state index < -0.39 is 0 Å². The molecule has 6 rings (SSSR count). The number of pyridine rings is 2. The van der Waals surface area contributed by atoms with Gasteiger partial charge in [-0.25, -0.2) is 9.97 Å². The molecule has 0 aliphatic carbocycles. The Hall–Kier alpha value is -4.70. The maximum atomic E-state index is 5.14. The normalized spacial score (nSPS) is 11.9. The van der Waals surface area contributed by atoms with Crippen LogP contribution in [0.4, 0.5) is 0 Å². The van der Waals surface area contributed by atoms with E-state index in [4.69, 9.17) is 9.97 Å². The first kappa shape index (κ1) is 21.8. The Labute approximate surface area is 209 Å². The van der Waals surface area contributed by atoms with Crippen molar-refractivity contribution in [2.45, 2.75) is 13.8 Å². The maximum Gasteiger partial charge on any atom is 0.0996 e. The van der Waals surface area contributed by atoms with Crippen LogP contribution in [0.3, 0.4) is 0 Å². The molecule has 0 fully saturated rings. The van der Waals surface area contributed by atoms with Crippen molar-refractivity contribution in [1.29, 1.82) is 0 Å². The molecule has 3 heterocycles. The van der Waals surface area contributed by atoms with Gasteiger partial charge >= 0.3 is 0 Å². The molecule has 4 nitrogen and oxygen atoms in total. The van der Waals surface area contributed by atoms with Gasteiger partial charge in [0.15, 0.2) is 0 Å². The lowest BCUT2D eigenvalue weighted by Crippen LogP contribution is -1.97. The maximum absolute atomic E-state index is 5.14. The number of hydrogen-bond acceptors (Lipinski definition) is 4. The summed E-state index contributed by atoms with van der Waals surface area (Å²) < 4.78 is 0. The van der Waals surface area contributed by atoms with Crippen LogP contribution in [0.15, 0.2) is 85.2 Å². The molecule has 0 saturated heterocycles. The van der Waals surface area contributed by atoms with Crippen LogP contribution in [-0.4, -0.2) is 19.9 Å². The predicted molar refractivity (Wildman–Crippen MR) is 150 cm³/mol. The van der Waals surface area contributed by atoms with Gasteiger partial charge in [-0.05, 0) is 61.4 Å². The molecule has 3 aromatic heterocycles. The summed E-state index contributed by atoms with van der Waals surface area (Å²) in [5, 5.41) is 1.90. The Morgan fingerprint density at radius 2 is 0.889 bits per heavy atom. The number of aryl methyl sites for hydroxylation is 2. The standard InChI is InChI=1S/C32H24N4/c1-21-7-11-23(12-8-21)15-17-27-28(18-16-24-13-9-22(2)10-14-24)36-32-26-6-4-20-34-30(26)29-25(31(32)35-27)5-3-19-33-29/h3-20H,1-2H3/b17-15+,18-16+. The molecule has 0 saturated carbocycles. The molecule has 0 bridgehead atoms. The summed E-state index contributed by atoms with van der Waals surface area (Å²) in [7, 11) is 0. The molecule has 0 aliphatic heterocycles. The molecule has 172 valence electrons. The molecule has 0 N–H and O–H groups in total. The average molecular weight is 465 g/mol. The van der Waals surface area contributed by atoms with Gasteiger partial charge in [0.25, 0.3) is 0 Å². The number of hydrogen-bond donors (Lipinski definition) is 0. The Bertz CT molecular complexity index is 1650. The minimum Gasteiger partial charge on any atom is -0.254 e. The summed E-state index contributed by atoms with van der Waals surface area (Å²) >= 11 is 0. The van der Waals surface area contributed by atoms with E-state index in [0.717, 1.165) is 55.4 Å². The molecule has 0 unspecified atom stereocenters. The molecule has 0 aliphatic rings. The van der Waals surface area contributed by atoms with E-state index >= 15 is 0 Å². The molecule has 6 aromatic rings. The van der Waals surface area contributed by atoms with Gasteiger partial charge in [-0.3, -0.25) is 9.97 Å². The number of benzene rings is 3. The molecular formula is C32H24N4. The Kier molecular flexibility index (Phi) is 5.55. The number of nitrogens with zero attached hydrogens (tertiary/aromatic N) is 4. The summed E-state index contributed by atoms with van der Waals surface area (Å²) in [5.74, 6) is 0. The van der Waals surface area contributed by atoms with Gasteiger partial charge in [-0.1, -0.05) is 71.8 Å². The van der Waals surface area contributed by atoms with Crippen molar-refractivity contribution < 1.29 is 0 Å². The SMILES string of the molecule is Cc1ccc(/C=C/c2nc3c4cccnc4c4ncccc4c3nc2/C=C/c2ccc(C)cc2)cc1. The van der Waals surface area contributed by atoms with Crippen molar-refractivity contribution >= 4 is 57.1 Å². The second-order valence-corrected chi connectivity index (χ2v) is 8.98. The highest BCUT2D eigenvalue weighted by atomic mass is 14.8. The van der Waals surface area contributed by atoms with Gasteiger partial charge in [-0.2, -0.15) is 0 Å². The fourth-order valence-electron chi connectivity index (χ4n) is 4.36. The van der Waals surface area contributed by atoms with Crippen LogP contribution < -0.4 is 0 Å². The smallest absolute Gasteiger partial charge is 0.0996 e. The van der Waals surface area contributed by atoms with E-state index in [9.17, 15) is 0 Å². The molecule has 3 aromatic carbocycles. The monoisotopic (exact) mass is 464 g/mol. The third-order valence-corrected chi connectivity index (χ3v) is 6.32. The first-order valence-electron chi connectivity index (χ1n) is 12.0. The molecule has 0 atom stereocenters. The van der Waals surface area contributed by atoms with E-state index in [1.165, 1.54) is 11.1 Å². The Balaban J connectivity index is 1.59. The Morgan fingerprint density at radius 1 is 0.472 bits per heavy atom. The van der Waals surface area contributed by atoms with Crippen molar-refractivity contribution in [3.63, 3.8) is 0 Å². The molecular weight excluding hydrogens is 440 g/mol. The van der Waals surface area contributed by atoms with Gasteiger partial charge in [0.05, 0.1) is 33.5 Å². The number of rotatable bonds is 4. The highest BCUT2D eigenvalue weighted by Crippen LogP contribution is 2.32. The van der Waals surface area contributed by atoms with Crippen molar-refractivity contribution in [3.8, 4) is 0 Å².